The van der Waals surface area contributed by atoms with E-state index in [-0.39, 0.29) is 5.56 Å². The van der Waals surface area contributed by atoms with Gasteiger partial charge in [-0.05, 0) is 48.9 Å². The number of nitrogens with one attached hydrogen (secondary N) is 1. The molecule has 24 heavy (non-hydrogen) atoms. The van der Waals surface area contributed by atoms with Crippen LogP contribution in [0.2, 0.25) is 0 Å². The minimum absolute atomic E-state index is 0.256. The molecule has 1 aliphatic rings. The summed E-state index contributed by atoms with van der Waals surface area (Å²) in [6.45, 7) is 2.29. The van der Waals surface area contributed by atoms with Crippen molar-refractivity contribution in [1.82, 2.24) is 9.97 Å². The molecule has 1 aromatic carbocycles. The van der Waals surface area contributed by atoms with E-state index in [4.69, 9.17) is 5.11 Å². The summed E-state index contributed by atoms with van der Waals surface area (Å²) in [5.74, 6) is 0.533. The van der Waals surface area contributed by atoms with Crippen LogP contribution in [0.5, 0.6) is 0 Å². The number of fused-ring (bicyclic) bond motifs is 3. The fourth-order valence-corrected chi connectivity index (χ4v) is 4.59. The van der Waals surface area contributed by atoms with Crippen LogP contribution in [0.4, 0.5) is 11.5 Å². The number of carboxylic acid groups (broad SMARTS) is 1. The molecule has 1 atom stereocenters. The zero-order chi connectivity index (χ0) is 16.7. The summed E-state index contributed by atoms with van der Waals surface area (Å²) >= 11 is 1.75. The molecule has 2 heterocycles. The predicted molar refractivity (Wildman–Crippen MR) is 95.3 cm³/mol. The van der Waals surface area contributed by atoms with Gasteiger partial charge in [-0.25, -0.2) is 14.8 Å². The van der Waals surface area contributed by atoms with Crippen LogP contribution < -0.4 is 5.32 Å². The van der Waals surface area contributed by atoms with Gasteiger partial charge in [-0.3, -0.25) is 0 Å². The second-order valence-corrected chi connectivity index (χ2v) is 7.35. The topological polar surface area (TPSA) is 75.1 Å². The first-order chi connectivity index (χ1) is 11.6. The summed E-state index contributed by atoms with van der Waals surface area (Å²) < 4.78 is 0. The van der Waals surface area contributed by atoms with Crippen LogP contribution in [0.25, 0.3) is 10.2 Å². The lowest BCUT2D eigenvalue weighted by molar-refractivity contribution is 0.0697. The van der Waals surface area contributed by atoms with Gasteiger partial charge < -0.3 is 10.4 Å². The summed E-state index contributed by atoms with van der Waals surface area (Å²) in [4.78, 5) is 22.4. The van der Waals surface area contributed by atoms with Gasteiger partial charge in [0, 0.05) is 10.6 Å². The van der Waals surface area contributed by atoms with Crippen LogP contribution in [0.15, 0.2) is 30.6 Å². The zero-order valence-corrected chi connectivity index (χ0v) is 14.1. The summed E-state index contributed by atoms with van der Waals surface area (Å²) in [6, 6.07) is 6.78. The Morgan fingerprint density at radius 3 is 3.08 bits per heavy atom. The summed E-state index contributed by atoms with van der Waals surface area (Å²) in [7, 11) is 0. The number of aromatic carboxylic acids is 1. The molecule has 0 spiro atoms. The number of rotatable bonds is 3. The number of aryl methyl sites for hydroxylation is 1. The van der Waals surface area contributed by atoms with Gasteiger partial charge in [-0.1, -0.05) is 13.0 Å². The van der Waals surface area contributed by atoms with Crippen LogP contribution in [-0.4, -0.2) is 21.0 Å². The van der Waals surface area contributed by atoms with Crippen molar-refractivity contribution in [2.24, 2.45) is 5.92 Å². The molecule has 0 aliphatic heterocycles. The van der Waals surface area contributed by atoms with Crippen molar-refractivity contribution in [2.75, 3.05) is 5.32 Å². The maximum atomic E-state index is 11.1. The van der Waals surface area contributed by atoms with E-state index in [0.29, 0.717) is 5.92 Å². The van der Waals surface area contributed by atoms with Gasteiger partial charge in [0.05, 0.1) is 10.9 Å². The van der Waals surface area contributed by atoms with Crippen LogP contribution in [0.3, 0.4) is 0 Å². The second kappa shape index (κ2) is 5.87. The Kier molecular flexibility index (Phi) is 3.69. The van der Waals surface area contributed by atoms with Crippen molar-refractivity contribution in [2.45, 2.75) is 26.2 Å². The third-order valence-electron chi connectivity index (χ3n) is 4.46. The predicted octanol–water partition coefficient (Wildman–Crippen LogP) is 4.26. The van der Waals surface area contributed by atoms with Crippen molar-refractivity contribution >= 4 is 39.0 Å². The molecule has 122 valence electrons. The minimum atomic E-state index is -0.937. The van der Waals surface area contributed by atoms with Gasteiger partial charge in [0.15, 0.2) is 0 Å². The molecule has 2 aromatic heterocycles. The third kappa shape index (κ3) is 2.63. The number of aromatic nitrogens is 2. The molecular formula is C18H17N3O2S. The van der Waals surface area contributed by atoms with Gasteiger partial charge >= 0.3 is 5.97 Å². The molecule has 0 saturated carbocycles. The average molecular weight is 339 g/mol. The number of carbonyl (C=O) groups is 1. The molecule has 1 aliphatic carbocycles. The van der Waals surface area contributed by atoms with E-state index in [1.54, 1.807) is 35.9 Å². The molecule has 0 saturated heterocycles. The van der Waals surface area contributed by atoms with E-state index >= 15 is 0 Å². The Balaban J connectivity index is 1.77. The standard InChI is InChI=1S/C18H17N3O2S/c1-10-5-6-13-14(7-10)24-17-15(13)16(19-9-20-17)21-12-4-2-3-11(8-12)18(22)23/h2-4,8-10H,5-7H2,1H3,(H,22,23)(H,19,20,21). The molecule has 6 heteroatoms. The van der Waals surface area contributed by atoms with Crippen LogP contribution in [-0.2, 0) is 12.8 Å². The van der Waals surface area contributed by atoms with Crippen LogP contribution in [0, 0.1) is 5.92 Å². The normalized spacial score (nSPS) is 16.8. The van der Waals surface area contributed by atoms with E-state index in [1.807, 2.05) is 6.07 Å². The SMILES string of the molecule is CC1CCc2c(sc3ncnc(Nc4cccc(C(=O)O)c4)c23)C1. The zero-order valence-electron chi connectivity index (χ0n) is 13.2. The van der Waals surface area contributed by atoms with E-state index in [0.717, 1.165) is 34.6 Å². The van der Waals surface area contributed by atoms with E-state index in [9.17, 15) is 4.79 Å². The smallest absolute Gasteiger partial charge is 0.335 e. The highest BCUT2D eigenvalue weighted by Crippen LogP contribution is 2.40. The van der Waals surface area contributed by atoms with Crippen molar-refractivity contribution in [1.29, 1.82) is 0 Å². The summed E-state index contributed by atoms with van der Waals surface area (Å²) in [5, 5.41) is 13.5. The minimum Gasteiger partial charge on any atom is -0.478 e. The molecule has 5 nitrogen and oxygen atoms in total. The molecule has 4 rings (SSSR count). The molecule has 1 unspecified atom stereocenters. The average Bonchev–Trinajstić information content (AvgIpc) is 2.93. The lowest BCUT2D eigenvalue weighted by atomic mass is 9.89. The number of hydrogen-bond acceptors (Lipinski definition) is 5. The Bertz CT molecular complexity index is 935. The lowest BCUT2D eigenvalue weighted by Crippen LogP contribution is -2.09. The van der Waals surface area contributed by atoms with E-state index in [1.165, 1.54) is 16.9 Å². The first kappa shape index (κ1) is 15.1. The number of thiophene rings is 1. The number of benzene rings is 1. The molecule has 0 amide bonds. The van der Waals surface area contributed by atoms with Crippen molar-refractivity contribution in [3.8, 4) is 0 Å². The fraction of sp³-hybridized carbons (Fsp3) is 0.278. The van der Waals surface area contributed by atoms with Gasteiger partial charge in [0.1, 0.15) is 17.0 Å². The molecule has 2 N–H and O–H groups in total. The van der Waals surface area contributed by atoms with Gasteiger partial charge in [0.2, 0.25) is 0 Å². The molecule has 0 bridgehead atoms. The van der Waals surface area contributed by atoms with Crippen LogP contribution >= 0.6 is 11.3 Å². The maximum Gasteiger partial charge on any atom is 0.335 e. The summed E-state index contributed by atoms with van der Waals surface area (Å²) in [5.41, 5.74) is 2.33. The fourth-order valence-electron chi connectivity index (χ4n) is 3.24. The first-order valence-corrected chi connectivity index (χ1v) is 8.79. The van der Waals surface area contributed by atoms with Gasteiger partial charge in [0.25, 0.3) is 0 Å². The number of carboxylic acids is 1. The number of hydrogen-bond donors (Lipinski definition) is 2. The molecule has 0 radical (unpaired) electrons. The number of nitrogens with zero attached hydrogens (tertiary/aromatic N) is 2. The van der Waals surface area contributed by atoms with Crippen LogP contribution in [0.1, 0.15) is 34.1 Å². The van der Waals surface area contributed by atoms with Gasteiger partial charge in [-0.2, -0.15) is 0 Å². The number of anilines is 2. The Hall–Kier alpha value is -2.47. The quantitative estimate of drug-likeness (QED) is 0.746. The maximum absolute atomic E-state index is 11.1. The van der Waals surface area contributed by atoms with Gasteiger partial charge in [-0.15, -0.1) is 11.3 Å². The highest BCUT2D eigenvalue weighted by Gasteiger charge is 2.23. The Morgan fingerprint density at radius 2 is 2.25 bits per heavy atom. The van der Waals surface area contributed by atoms with Crippen molar-refractivity contribution < 1.29 is 9.90 Å². The largest absolute Gasteiger partial charge is 0.478 e. The lowest BCUT2D eigenvalue weighted by Gasteiger charge is -2.18. The Labute approximate surface area is 143 Å². The molecule has 0 fully saturated rings. The first-order valence-electron chi connectivity index (χ1n) is 7.97. The highest BCUT2D eigenvalue weighted by molar-refractivity contribution is 7.19. The molecular weight excluding hydrogens is 322 g/mol. The second-order valence-electron chi connectivity index (χ2n) is 6.27. The molecule has 3 aromatic rings. The van der Waals surface area contributed by atoms with Crippen molar-refractivity contribution in [3.63, 3.8) is 0 Å². The summed E-state index contributed by atoms with van der Waals surface area (Å²) in [6.07, 6.45) is 4.90. The van der Waals surface area contributed by atoms with Crippen molar-refractivity contribution in [3.05, 3.63) is 46.6 Å². The monoisotopic (exact) mass is 339 g/mol. The van der Waals surface area contributed by atoms with E-state index in [2.05, 4.69) is 22.2 Å². The highest BCUT2D eigenvalue weighted by atomic mass is 32.1. The third-order valence-corrected chi connectivity index (χ3v) is 5.63. The Morgan fingerprint density at radius 1 is 1.38 bits per heavy atom. The van der Waals surface area contributed by atoms with E-state index < -0.39 is 5.97 Å².